The fraction of sp³-hybridized carbons (Fsp3) is 0.417. The van der Waals surface area contributed by atoms with Crippen LogP contribution in [0.2, 0.25) is 5.02 Å². The van der Waals surface area contributed by atoms with Crippen molar-refractivity contribution < 1.29 is 9.53 Å². The molecule has 1 fully saturated rings. The number of rotatable bonds is 1. The van der Waals surface area contributed by atoms with Gasteiger partial charge in [0.25, 0.3) is 0 Å². The number of carbonyl (C=O) groups excluding carboxylic acids is 1. The molecule has 1 aromatic rings. The van der Waals surface area contributed by atoms with E-state index in [1.807, 2.05) is 6.07 Å². The second-order valence-corrected chi connectivity index (χ2v) is 4.72. The lowest BCUT2D eigenvalue weighted by atomic mass is 9.96. The summed E-state index contributed by atoms with van der Waals surface area (Å²) in [5.41, 5.74) is 1.86. The molecule has 3 rings (SSSR count). The Morgan fingerprint density at radius 1 is 1.38 bits per heavy atom. The molecule has 1 saturated heterocycles. The first-order chi connectivity index (χ1) is 7.72. The van der Waals surface area contributed by atoms with Gasteiger partial charge in [-0.25, -0.2) is 0 Å². The number of hydrogen-bond donors (Lipinski definition) is 1. The number of Topliss-reactive ketones (excluding diaryl/α,β-unsaturated/α-hetero) is 1. The number of ether oxygens (including phenoxy) is 1. The van der Waals surface area contributed by atoms with Gasteiger partial charge < -0.3 is 10.1 Å². The predicted molar refractivity (Wildman–Crippen MR) is 61.4 cm³/mol. The topological polar surface area (TPSA) is 38.3 Å². The lowest BCUT2D eigenvalue weighted by Crippen LogP contribution is -2.15. The molecule has 1 heterocycles. The largest absolute Gasteiger partial charge is 0.495 e. The zero-order chi connectivity index (χ0) is 11.3. The van der Waals surface area contributed by atoms with E-state index in [0.717, 1.165) is 24.2 Å². The molecule has 2 aliphatic rings. The lowest BCUT2D eigenvalue weighted by molar-refractivity contribution is 0.0940. The average Bonchev–Trinajstić information content (AvgIpc) is 2.83. The van der Waals surface area contributed by atoms with Crippen molar-refractivity contribution in [2.45, 2.75) is 5.92 Å². The predicted octanol–water partition coefficient (Wildman–Crippen LogP) is 1.85. The fourth-order valence-corrected chi connectivity index (χ4v) is 2.97. The summed E-state index contributed by atoms with van der Waals surface area (Å²) in [5.74, 6) is 1.27. The van der Waals surface area contributed by atoms with Gasteiger partial charge in [-0.05, 0) is 17.7 Å². The number of methoxy groups -OCH3 is 1. The van der Waals surface area contributed by atoms with Gasteiger partial charge in [0.1, 0.15) is 5.75 Å². The summed E-state index contributed by atoms with van der Waals surface area (Å²) in [7, 11) is 1.59. The number of ketones is 1. The van der Waals surface area contributed by atoms with E-state index in [0.29, 0.717) is 16.7 Å². The van der Waals surface area contributed by atoms with Gasteiger partial charge in [-0.3, -0.25) is 4.79 Å². The van der Waals surface area contributed by atoms with Gasteiger partial charge in [-0.2, -0.15) is 0 Å². The van der Waals surface area contributed by atoms with Crippen LogP contribution in [0.3, 0.4) is 0 Å². The first-order valence-electron chi connectivity index (χ1n) is 5.34. The number of hydrogen-bond acceptors (Lipinski definition) is 3. The SMILES string of the molecule is COc1cc2c(cc1Cl)C(=O)C1CNCC21. The van der Waals surface area contributed by atoms with Crippen molar-refractivity contribution in [2.24, 2.45) is 5.92 Å². The summed E-state index contributed by atoms with van der Waals surface area (Å²) in [6, 6.07) is 3.66. The Balaban J connectivity index is 2.16. The number of halogens is 1. The summed E-state index contributed by atoms with van der Waals surface area (Å²) in [6.45, 7) is 1.65. The third-order valence-electron chi connectivity index (χ3n) is 3.54. The Hall–Kier alpha value is -1.06. The molecule has 3 nitrogen and oxygen atoms in total. The van der Waals surface area contributed by atoms with E-state index in [2.05, 4.69) is 5.32 Å². The Morgan fingerprint density at radius 3 is 2.88 bits per heavy atom. The van der Waals surface area contributed by atoms with Crippen LogP contribution in [0.4, 0.5) is 0 Å². The first kappa shape index (κ1) is 10.1. The third-order valence-corrected chi connectivity index (χ3v) is 3.84. The van der Waals surface area contributed by atoms with Gasteiger partial charge in [0, 0.05) is 30.5 Å². The van der Waals surface area contributed by atoms with Crippen LogP contribution in [0, 0.1) is 5.92 Å². The number of benzene rings is 1. The van der Waals surface area contributed by atoms with Crippen molar-refractivity contribution in [1.82, 2.24) is 5.32 Å². The van der Waals surface area contributed by atoms with Crippen molar-refractivity contribution >= 4 is 17.4 Å². The zero-order valence-corrected chi connectivity index (χ0v) is 9.67. The lowest BCUT2D eigenvalue weighted by Gasteiger charge is -2.09. The molecule has 1 aromatic carbocycles. The number of nitrogens with one attached hydrogen (secondary N) is 1. The van der Waals surface area contributed by atoms with Crippen LogP contribution in [-0.2, 0) is 0 Å². The summed E-state index contributed by atoms with van der Waals surface area (Å²) < 4.78 is 5.19. The molecule has 0 radical (unpaired) electrons. The van der Waals surface area contributed by atoms with Crippen molar-refractivity contribution in [2.75, 3.05) is 20.2 Å². The number of fused-ring (bicyclic) bond motifs is 3. The number of carbonyl (C=O) groups is 1. The molecule has 1 N–H and O–H groups in total. The Kier molecular flexibility index (Phi) is 2.19. The summed E-state index contributed by atoms with van der Waals surface area (Å²) in [6.07, 6.45) is 0. The highest BCUT2D eigenvalue weighted by molar-refractivity contribution is 6.32. The van der Waals surface area contributed by atoms with Gasteiger partial charge in [0.15, 0.2) is 5.78 Å². The van der Waals surface area contributed by atoms with E-state index in [9.17, 15) is 4.79 Å². The van der Waals surface area contributed by atoms with Crippen LogP contribution in [0.5, 0.6) is 5.75 Å². The van der Waals surface area contributed by atoms with E-state index in [4.69, 9.17) is 16.3 Å². The Bertz CT molecular complexity index is 472. The van der Waals surface area contributed by atoms with Crippen LogP contribution in [0.25, 0.3) is 0 Å². The molecule has 1 aliphatic heterocycles. The minimum Gasteiger partial charge on any atom is -0.495 e. The molecule has 2 unspecified atom stereocenters. The maximum atomic E-state index is 12.1. The van der Waals surface area contributed by atoms with Crippen LogP contribution in [0.15, 0.2) is 12.1 Å². The minimum atomic E-state index is 0.0955. The van der Waals surface area contributed by atoms with Gasteiger partial charge in [0.2, 0.25) is 0 Å². The second kappa shape index (κ2) is 3.47. The third kappa shape index (κ3) is 1.22. The average molecular weight is 238 g/mol. The van der Waals surface area contributed by atoms with Gasteiger partial charge in [-0.1, -0.05) is 11.6 Å². The Morgan fingerprint density at radius 2 is 2.12 bits per heavy atom. The van der Waals surface area contributed by atoms with Crippen LogP contribution in [0.1, 0.15) is 21.8 Å². The van der Waals surface area contributed by atoms with Gasteiger partial charge >= 0.3 is 0 Å². The van der Waals surface area contributed by atoms with E-state index in [1.165, 1.54) is 0 Å². The standard InChI is InChI=1S/C12H12ClNO2/c1-16-11-3-6-7(2-10(11)13)12(15)9-5-14-4-8(6)9/h2-3,8-9,14H,4-5H2,1H3. The van der Waals surface area contributed by atoms with E-state index in [1.54, 1.807) is 13.2 Å². The van der Waals surface area contributed by atoms with Gasteiger partial charge in [0.05, 0.1) is 12.1 Å². The summed E-state index contributed by atoms with van der Waals surface area (Å²) >= 11 is 6.04. The highest BCUT2D eigenvalue weighted by atomic mass is 35.5. The Labute approximate surface area is 98.7 Å². The molecule has 0 bridgehead atoms. The molecular formula is C12H12ClNO2. The normalized spacial score (nSPS) is 26.8. The van der Waals surface area contributed by atoms with E-state index in [-0.39, 0.29) is 11.7 Å². The maximum absolute atomic E-state index is 12.1. The fourth-order valence-electron chi connectivity index (χ4n) is 2.73. The van der Waals surface area contributed by atoms with Gasteiger partial charge in [-0.15, -0.1) is 0 Å². The molecule has 16 heavy (non-hydrogen) atoms. The molecule has 0 spiro atoms. The second-order valence-electron chi connectivity index (χ2n) is 4.31. The molecule has 0 saturated carbocycles. The van der Waals surface area contributed by atoms with Crippen molar-refractivity contribution in [1.29, 1.82) is 0 Å². The van der Waals surface area contributed by atoms with Crippen LogP contribution < -0.4 is 10.1 Å². The monoisotopic (exact) mass is 237 g/mol. The quantitative estimate of drug-likeness (QED) is 0.810. The minimum absolute atomic E-state index is 0.0955. The maximum Gasteiger partial charge on any atom is 0.168 e. The zero-order valence-electron chi connectivity index (χ0n) is 8.92. The van der Waals surface area contributed by atoms with Crippen molar-refractivity contribution in [3.63, 3.8) is 0 Å². The van der Waals surface area contributed by atoms with Crippen LogP contribution >= 0.6 is 11.6 Å². The molecule has 84 valence electrons. The summed E-state index contributed by atoms with van der Waals surface area (Å²) in [5, 5.41) is 3.77. The van der Waals surface area contributed by atoms with Crippen molar-refractivity contribution in [3.05, 3.63) is 28.3 Å². The molecule has 4 heteroatoms. The molecule has 0 amide bonds. The highest BCUT2D eigenvalue weighted by Crippen LogP contribution is 2.43. The summed E-state index contributed by atoms with van der Waals surface area (Å²) in [4.78, 5) is 12.1. The first-order valence-corrected chi connectivity index (χ1v) is 5.72. The molecule has 2 atom stereocenters. The molecule has 0 aromatic heterocycles. The molecular weight excluding hydrogens is 226 g/mol. The van der Waals surface area contributed by atoms with Crippen LogP contribution in [-0.4, -0.2) is 26.0 Å². The van der Waals surface area contributed by atoms with Crippen molar-refractivity contribution in [3.8, 4) is 5.75 Å². The van der Waals surface area contributed by atoms with E-state index >= 15 is 0 Å². The van der Waals surface area contributed by atoms with E-state index < -0.39 is 0 Å². The molecule has 1 aliphatic carbocycles. The smallest absolute Gasteiger partial charge is 0.168 e. The highest BCUT2D eigenvalue weighted by Gasteiger charge is 2.43.